The fourth-order valence-corrected chi connectivity index (χ4v) is 1.30. The summed E-state index contributed by atoms with van der Waals surface area (Å²) in [5.41, 5.74) is 1.19. The van der Waals surface area contributed by atoms with Gasteiger partial charge in [-0.2, -0.15) is 0 Å². The Balaban J connectivity index is 2.00. The zero-order chi connectivity index (χ0) is 10.7. The number of urea groups is 1. The van der Waals surface area contributed by atoms with Gasteiger partial charge in [-0.25, -0.2) is 9.79 Å². The molecule has 4 heteroatoms. The van der Waals surface area contributed by atoms with Gasteiger partial charge in [-0.05, 0) is 19.1 Å². The van der Waals surface area contributed by atoms with Crippen molar-refractivity contribution in [3.63, 3.8) is 0 Å². The van der Waals surface area contributed by atoms with E-state index in [-0.39, 0.29) is 12.1 Å². The molecule has 1 unspecified atom stereocenters. The average Bonchev–Trinajstić information content (AvgIpc) is 2.25. The minimum atomic E-state index is -0.307. The SMILES string of the molecule is Cc1ccc(OC2C=NC(=O)NC2)cc1. The number of nitrogens with zero attached hydrogens (tertiary/aromatic N) is 1. The van der Waals surface area contributed by atoms with E-state index in [1.807, 2.05) is 31.2 Å². The van der Waals surface area contributed by atoms with E-state index >= 15 is 0 Å². The number of carbonyl (C=O) groups is 1. The van der Waals surface area contributed by atoms with E-state index in [2.05, 4.69) is 10.3 Å². The van der Waals surface area contributed by atoms with Gasteiger partial charge in [0, 0.05) is 0 Å². The predicted octanol–water partition coefficient (Wildman–Crippen LogP) is 1.54. The van der Waals surface area contributed by atoms with Gasteiger partial charge in [0.25, 0.3) is 0 Å². The molecule has 0 saturated carbocycles. The van der Waals surface area contributed by atoms with Crippen LogP contribution in [0.15, 0.2) is 29.3 Å². The van der Waals surface area contributed by atoms with Crippen molar-refractivity contribution in [1.82, 2.24) is 5.32 Å². The van der Waals surface area contributed by atoms with Crippen molar-refractivity contribution in [2.75, 3.05) is 6.54 Å². The molecule has 15 heavy (non-hydrogen) atoms. The lowest BCUT2D eigenvalue weighted by Crippen LogP contribution is -2.39. The zero-order valence-electron chi connectivity index (χ0n) is 8.43. The number of hydrogen-bond donors (Lipinski definition) is 1. The first-order chi connectivity index (χ1) is 7.24. The number of nitrogens with one attached hydrogen (secondary N) is 1. The number of rotatable bonds is 2. The van der Waals surface area contributed by atoms with Gasteiger partial charge < -0.3 is 10.1 Å². The van der Waals surface area contributed by atoms with E-state index in [4.69, 9.17) is 4.74 Å². The molecule has 78 valence electrons. The van der Waals surface area contributed by atoms with Crippen LogP contribution in [0.2, 0.25) is 0 Å². The molecule has 0 bridgehead atoms. The summed E-state index contributed by atoms with van der Waals surface area (Å²) in [4.78, 5) is 14.4. The normalized spacial score (nSPS) is 19.8. The molecule has 0 aliphatic carbocycles. The molecular weight excluding hydrogens is 192 g/mol. The minimum Gasteiger partial charge on any atom is -0.483 e. The molecule has 0 saturated heterocycles. The summed E-state index contributed by atoms with van der Waals surface area (Å²) in [6.45, 7) is 2.49. The van der Waals surface area contributed by atoms with E-state index in [9.17, 15) is 4.79 Å². The second kappa shape index (κ2) is 4.13. The van der Waals surface area contributed by atoms with Crippen molar-refractivity contribution < 1.29 is 9.53 Å². The van der Waals surface area contributed by atoms with Gasteiger partial charge in [-0.15, -0.1) is 0 Å². The smallest absolute Gasteiger partial charge is 0.340 e. The van der Waals surface area contributed by atoms with Crippen LogP contribution < -0.4 is 10.1 Å². The van der Waals surface area contributed by atoms with E-state index in [0.29, 0.717) is 6.54 Å². The molecule has 0 fully saturated rings. The Bertz CT molecular complexity index is 384. The summed E-state index contributed by atoms with van der Waals surface area (Å²) < 4.78 is 5.59. The molecule has 1 aliphatic heterocycles. The van der Waals surface area contributed by atoms with Crippen molar-refractivity contribution >= 4 is 12.2 Å². The van der Waals surface area contributed by atoms with Gasteiger partial charge in [0.1, 0.15) is 5.75 Å². The molecule has 2 rings (SSSR count). The molecule has 1 aromatic rings. The number of ether oxygens (including phenoxy) is 1. The molecule has 4 nitrogen and oxygen atoms in total. The summed E-state index contributed by atoms with van der Waals surface area (Å²) in [6.07, 6.45) is 1.35. The predicted molar refractivity (Wildman–Crippen MR) is 57.5 cm³/mol. The second-order valence-corrected chi connectivity index (χ2v) is 3.43. The maximum atomic E-state index is 10.7. The highest BCUT2D eigenvalue weighted by atomic mass is 16.5. The second-order valence-electron chi connectivity index (χ2n) is 3.43. The molecule has 1 heterocycles. The third kappa shape index (κ3) is 2.56. The molecule has 0 aromatic heterocycles. The monoisotopic (exact) mass is 204 g/mol. The molecule has 1 aliphatic rings. The zero-order valence-corrected chi connectivity index (χ0v) is 8.43. The van der Waals surface area contributed by atoms with Crippen LogP contribution in [0.3, 0.4) is 0 Å². The van der Waals surface area contributed by atoms with E-state index in [1.54, 1.807) is 0 Å². The highest BCUT2D eigenvalue weighted by Gasteiger charge is 2.14. The van der Waals surface area contributed by atoms with E-state index in [0.717, 1.165) is 5.75 Å². The van der Waals surface area contributed by atoms with Gasteiger partial charge in [-0.3, -0.25) is 0 Å². The lowest BCUT2D eigenvalue weighted by molar-refractivity contribution is 0.230. The van der Waals surface area contributed by atoms with E-state index in [1.165, 1.54) is 11.8 Å². The minimum absolute atomic E-state index is 0.176. The van der Waals surface area contributed by atoms with Gasteiger partial charge in [0.05, 0.1) is 12.8 Å². The Hall–Kier alpha value is -1.84. The topological polar surface area (TPSA) is 50.7 Å². The quantitative estimate of drug-likeness (QED) is 0.794. The lowest BCUT2D eigenvalue weighted by atomic mass is 10.2. The van der Waals surface area contributed by atoms with Crippen LogP contribution >= 0.6 is 0 Å². The van der Waals surface area contributed by atoms with Crippen LogP contribution in [0.4, 0.5) is 4.79 Å². The van der Waals surface area contributed by atoms with Crippen molar-refractivity contribution in [3.05, 3.63) is 29.8 Å². The van der Waals surface area contributed by atoms with Gasteiger partial charge >= 0.3 is 6.03 Å². The van der Waals surface area contributed by atoms with Crippen molar-refractivity contribution in [1.29, 1.82) is 0 Å². The average molecular weight is 204 g/mol. The Labute approximate surface area is 88.0 Å². The highest BCUT2D eigenvalue weighted by molar-refractivity contribution is 5.87. The van der Waals surface area contributed by atoms with Crippen molar-refractivity contribution in [2.45, 2.75) is 13.0 Å². The molecule has 1 aromatic carbocycles. The van der Waals surface area contributed by atoms with Crippen LogP contribution in [-0.2, 0) is 0 Å². The molecule has 0 spiro atoms. The Morgan fingerprint density at radius 3 is 2.73 bits per heavy atom. The van der Waals surface area contributed by atoms with Gasteiger partial charge in [0.15, 0.2) is 6.10 Å². The van der Waals surface area contributed by atoms with Crippen LogP contribution in [0, 0.1) is 6.92 Å². The summed E-state index contributed by atoms with van der Waals surface area (Å²) in [5, 5.41) is 2.60. The standard InChI is InChI=1S/C11H12N2O2/c1-8-2-4-9(5-3-8)15-10-6-12-11(14)13-7-10/h2-6,10H,7H2,1H3,(H,13,14). The number of amides is 2. The van der Waals surface area contributed by atoms with Crippen LogP contribution in [-0.4, -0.2) is 24.9 Å². The number of aryl methyl sites for hydroxylation is 1. The Kier molecular flexibility index (Phi) is 2.67. The van der Waals surface area contributed by atoms with Gasteiger partial charge in [0.2, 0.25) is 0 Å². The van der Waals surface area contributed by atoms with Crippen molar-refractivity contribution in [3.8, 4) is 5.75 Å². The third-order valence-electron chi connectivity index (χ3n) is 2.12. The van der Waals surface area contributed by atoms with Gasteiger partial charge in [-0.1, -0.05) is 17.7 Å². The van der Waals surface area contributed by atoms with Crippen LogP contribution in [0.5, 0.6) is 5.75 Å². The van der Waals surface area contributed by atoms with Crippen LogP contribution in [0.25, 0.3) is 0 Å². The van der Waals surface area contributed by atoms with Crippen molar-refractivity contribution in [2.24, 2.45) is 4.99 Å². The largest absolute Gasteiger partial charge is 0.483 e. The maximum Gasteiger partial charge on any atom is 0.340 e. The van der Waals surface area contributed by atoms with Crippen LogP contribution in [0.1, 0.15) is 5.56 Å². The fourth-order valence-electron chi connectivity index (χ4n) is 1.30. The molecule has 2 amide bonds. The molecule has 1 atom stereocenters. The lowest BCUT2D eigenvalue weighted by Gasteiger charge is -2.18. The first kappa shape index (κ1) is 9.71. The summed E-state index contributed by atoms with van der Waals surface area (Å²) in [6, 6.07) is 7.46. The van der Waals surface area contributed by atoms with E-state index < -0.39 is 0 Å². The summed E-state index contributed by atoms with van der Waals surface area (Å²) in [5.74, 6) is 0.785. The first-order valence-corrected chi connectivity index (χ1v) is 4.79. The molecular formula is C11H12N2O2. The number of carbonyl (C=O) groups excluding carboxylic acids is 1. The maximum absolute atomic E-state index is 10.7. The summed E-state index contributed by atoms with van der Waals surface area (Å²) in [7, 11) is 0. The Morgan fingerprint density at radius 1 is 1.40 bits per heavy atom. The number of aliphatic imine (C=N–C) groups is 1. The summed E-state index contributed by atoms with van der Waals surface area (Å²) >= 11 is 0. The first-order valence-electron chi connectivity index (χ1n) is 4.79. The third-order valence-corrected chi connectivity index (χ3v) is 2.12. The molecule has 1 N–H and O–H groups in total. The number of benzene rings is 1. The Morgan fingerprint density at radius 2 is 2.13 bits per heavy atom. The fraction of sp³-hybridized carbons (Fsp3) is 0.273. The highest BCUT2D eigenvalue weighted by Crippen LogP contribution is 2.13. The molecule has 0 radical (unpaired) electrons. The number of hydrogen-bond acceptors (Lipinski definition) is 2.